The molecule has 0 amide bonds. The van der Waals surface area contributed by atoms with Gasteiger partial charge in [-0.2, -0.15) is 0 Å². The van der Waals surface area contributed by atoms with Crippen molar-refractivity contribution in [2.24, 2.45) is 16.8 Å². The van der Waals surface area contributed by atoms with Gasteiger partial charge >= 0.3 is 0 Å². The van der Waals surface area contributed by atoms with E-state index in [2.05, 4.69) is 46.4 Å². The predicted octanol–water partition coefficient (Wildman–Crippen LogP) is 2.04. The Kier molecular flexibility index (Phi) is 4.48. The van der Waals surface area contributed by atoms with Crippen LogP contribution in [0.25, 0.3) is 0 Å². The fraction of sp³-hybridized carbons (Fsp3) is 0.588. The van der Waals surface area contributed by atoms with Gasteiger partial charge in [0.15, 0.2) is 0 Å². The number of rotatable bonds is 3. The Morgan fingerprint density at radius 3 is 2.85 bits per heavy atom. The molecule has 3 nitrogen and oxygen atoms in total. The van der Waals surface area contributed by atoms with Crippen LogP contribution in [0.1, 0.15) is 13.3 Å². The zero-order chi connectivity index (χ0) is 13.8. The van der Waals surface area contributed by atoms with Crippen LogP contribution in [0.3, 0.4) is 0 Å². The lowest BCUT2D eigenvalue weighted by atomic mass is 9.83. The summed E-state index contributed by atoms with van der Waals surface area (Å²) in [6.45, 7) is 8.82. The first-order chi connectivity index (χ1) is 9.81. The normalized spacial score (nSPS) is 31.1. The molecule has 108 valence electrons. The van der Waals surface area contributed by atoms with E-state index in [0.717, 1.165) is 26.2 Å². The lowest BCUT2D eigenvalue weighted by molar-refractivity contribution is 0.260. The highest BCUT2D eigenvalue weighted by atomic mass is 15.2. The Morgan fingerprint density at radius 2 is 2.15 bits per heavy atom. The van der Waals surface area contributed by atoms with Crippen molar-refractivity contribution in [1.82, 2.24) is 10.2 Å². The lowest BCUT2D eigenvalue weighted by Gasteiger charge is -2.29. The molecule has 2 heterocycles. The number of aliphatic imine (C=N–C) groups is 1. The Morgan fingerprint density at radius 1 is 1.30 bits per heavy atom. The second-order valence-electron chi connectivity index (χ2n) is 6.13. The van der Waals surface area contributed by atoms with Crippen molar-refractivity contribution in [3.63, 3.8) is 0 Å². The molecule has 3 aliphatic rings. The molecule has 0 radical (unpaired) electrons. The van der Waals surface area contributed by atoms with Crippen LogP contribution in [-0.2, 0) is 0 Å². The van der Waals surface area contributed by atoms with Crippen molar-refractivity contribution < 1.29 is 0 Å². The zero-order valence-corrected chi connectivity index (χ0v) is 12.4. The van der Waals surface area contributed by atoms with Gasteiger partial charge in [-0.05, 0) is 30.4 Å². The number of nitrogens with zero attached hydrogens (tertiary/aromatic N) is 2. The molecule has 0 aromatic rings. The van der Waals surface area contributed by atoms with Gasteiger partial charge in [-0.15, -0.1) is 0 Å². The van der Waals surface area contributed by atoms with E-state index < -0.39 is 0 Å². The second-order valence-corrected chi connectivity index (χ2v) is 6.13. The summed E-state index contributed by atoms with van der Waals surface area (Å²) in [5, 5.41) is 3.41. The van der Waals surface area contributed by atoms with Gasteiger partial charge in [0.2, 0.25) is 0 Å². The Labute approximate surface area is 122 Å². The van der Waals surface area contributed by atoms with Crippen LogP contribution in [-0.4, -0.2) is 50.4 Å². The number of dihydropyridines is 1. The molecule has 1 aliphatic carbocycles. The standard InChI is InChI=1S/C17H25N3/c1-14-10-17(12-19-11-14)16-4-2-15(3-5-16)13-20-8-6-18-7-9-20/h2-4,10-11,16-18H,5-9,12-13H2,1H3. The van der Waals surface area contributed by atoms with E-state index in [4.69, 9.17) is 0 Å². The average molecular weight is 271 g/mol. The van der Waals surface area contributed by atoms with Crippen molar-refractivity contribution in [3.8, 4) is 0 Å². The highest BCUT2D eigenvalue weighted by Gasteiger charge is 2.20. The monoisotopic (exact) mass is 271 g/mol. The summed E-state index contributed by atoms with van der Waals surface area (Å²) >= 11 is 0. The second kappa shape index (κ2) is 6.51. The van der Waals surface area contributed by atoms with Crippen LogP contribution >= 0.6 is 0 Å². The largest absolute Gasteiger partial charge is 0.314 e. The van der Waals surface area contributed by atoms with Gasteiger partial charge in [0.05, 0.1) is 0 Å². The minimum atomic E-state index is 0.591. The van der Waals surface area contributed by atoms with E-state index in [1.165, 1.54) is 30.7 Å². The van der Waals surface area contributed by atoms with E-state index in [1.807, 2.05) is 6.21 Å². The van der Waals surface area contributed by atoms with Crippen LogP contribution in [0.4, 0.5) is 0 Å². The third kappa shape index (κ3) is 3.47. The average Bonchev–Trinajstić information content (AvgIpc) is 2.49. The topological polar surface area (TPSA) is 27.6 Å². The number of allylic oxidation sites excluding steroid dienone is 3. The first kappa shape index (κ1) is 13.8. The van der Waals surface area contributed by atoms with Crippen LogP contribution in [0.15, 0.2) is 40.4 Å². The number of hydrogen-bond donors (Lipinski definition) is 1. The summed E-state index contributed by atoms with van der Waals surface area (Å²) in [4.78, 5) is 7.01. The van der Waals surface area contributed by atoms with Crippen molar-refractivity contribution in [3.05, 3.63) is 35.5 Å². The molecule has 0 saturated carbocycles. The van der Waals surface area contributed by atoms with Crippen LogP contribution in [0, 0.1) is 11.8 Å². The molecule has 2 aliphatic heterocycles. The first-order valence-electron chi connectivity index (χ1n) is 7.80. The molecule has 0 aromatic heterocycles. The molecule has 0 aromatic carbocycles. The van der Waals surface area contributed by atoms with Crippen molar-refractivity contribution in [2.75, 3.05) is 39.3 Å². The predicted molar refractivity (Wildman–Crippen MR) is 85.2 cm³/mol. The van der Waals surface area contributed by atoms with Gasteiger partial charge in [-0.25, -0.2) is 0 Å². The SMILES string of the molecule is CC1=CC(C2C=CC(CN3CCNCC3)=CC2)CN=C1. The van der Waals surface area contributed by atoms with Crippen LogP contribution in [0.2, 0.25) is 0 Å². The summed E-state index contributed by atoms with van der Waals surface area (Å²) in [7, 11) is 0. The Bertz CT molecular complexity index is 453. The fourth-order valence-corrected chi connectivity index (χ4v) is 3.25. The maximum atomic E-state index is 4.46. The van der Waals surface area contributed by atoms with Gasteiger partial charge in [0.25, 0.3) is 0 Å². The molecule has 1 saturated heterocycles. The van der Waals surface area contributed by atoms with E-state index in [0.29, 0.717) is 11.8 Å². The van der Waals surface area contributed by atoms with E-state index in [-0.39, 0.29) is 0 Å². The smallest absolute Gasteiger partial charge is 0.0458 e. The molecule has 3 rings (SSSR count). The van der Waals surface area contributed by atoms with Crippen LogP contribution < -0.4 is 5.32 Å². The zero-order valence-electron chi connectivity index (χ0n) is 12.4. The minimum absolute atomic E-state index is 0.591. The lowest BCUT2D eigenvalue weighted by Crippen LogP contribution is -2.44. The number of nitrogens with one attached hydrogen (secondary N) is 1. The Balaban J connectivity index is 1.53. The Hall–Kier alpha value is -1.19. The molecule has 20 heavy (non-hydrogen) atoms. The highest BCUT2D eigenvalue weighted by Crippen LogP contribution is 2.27. The van der Waals surface area contributed by atoms with E-state index in [9.17, 15) is 0 Å². The molecule has 1 N–H and O–H groups in total. The quantitative estimate of drug-likeness (QED) is 0.850. The van der Waals surface area contributed by atoms with Gasteiger partial charge in [-0.1, -0.05) is 24.3 Å². The molecule has 0 spiro atoms. The van der Waals surface area contributed by atoms with E-state index >= 15 is 0 Å². The maximum Gasteiger partial charge on any atom is 0.0458 e. The molecule has 2 unspecified atom stereocenters. The molecule has 0 bridgehead atoms. The summed E-state index contributed by atoms with van der Waals surface area (Å²) in [6, 6.07) is 0. The summed E-state index contributed by atoms with van der Waals surface area (Å²) < 4.78 is 0. The van der Waals surface area contributed by atoms with E-state index in [1.54, 1.807) is 0 Å². The highest BCUT2D eigenvalue weighted by molar-refractivity contribution is 5.78. The molecule has 1 fully saturated rings. The molecular weight excluding hydrogens is 246 g/mol. The van der Waals surface area contributed by atoms with Crippen molar-refractivity contribution in [1.29, 1.82) is 0 Å². The number of piperazine rings is 1. The van der Waals surface area contributed by atoms with Crippen molar-refractivity contribution in [2.45, 2.75) is 13.3 Å². The summed E-state index contributed by atoms with van der Waals surface area (Å²) in [5.74, 6) is 1.22. The fourth-order valence-electron chi connectivity index (χ4n) is 3.25. The minimum Gasteiger partial charge on any atom is -0.314 e. The van der Waals surface area contributed by atoms with Crippen molar-refractivity contribution >= 4 is 6.21 Å². The maximum absolute atomic E-state index is 4.46. The van der Waals surface area contributed by atoms with Gasteiger partial charge < -0.3 is 5.32 Å². The summed E-state index contributed by atoms with van der Waals surface area (Å²) in [6.07, 6.45) is 12.7. The first-order valence-corrected chi connectivity index (χ1v) is 7.80. The third-order valence-electron chi connectivity index (χ3n) is 4.46. The number of hydrogen-bond acceptors (Lipinski definition) is 3. The third-order valence-corrected chi connectivity index (χ3v) is 4.46. The molecule has 3 heteroatoms. The van der Waals surface area contributed by atoms with Gasteiger partial charge in [-0.3, -0.25) is 9.89 Å². The van der Waals surface area contributed by atoms with Gasteiger partial charge in [0, 0.05) is 51.4 Å². The van der Waals surface area contributed by atoms with Gasteiger partial charge in [0.1, 0.15) is 0 Å². The summed E-state index contributed by atoms with van der Waals surface area (Å²) in [5.41, 5.74) is 2.80. The van der Waals surface area contributed by atoms with Crippen LogP contribution in [0.5, 0.6) is 0 Å². The molecule has 2 atom stereocenters. The molecular formula is C17H25N3.